The molecule has 0 saturated carbocycles. The second-order valence-corrected chi connectivity index (χ2v) is 4.97. The van der Waals surface area contributed by atoms with Crippen LogP contribution in [-0.2, 0) is 14.2 Å². The zero-order valence-corrected chi connectivity index (χ0v) is 11.1. The summed E-state index contributed by atoms with van der Waals surface area (Å²) >= 11 is 0. The Balaban J connectivity index is 2.08. The zero-order valence-electron chi connectivity index (χ0n) is 11.1. The monoisotopic (exact) mass is 308 g/mol. The molecule has 0 bridgehead atoms. The maximum Gasteiger partial charge on any atom is 0.187 e. The van der Waals surface area contributed by atoms with Gasteiger partial charge in [0.1, 0.15) is 42.7 Å². The lowest BCUT2D eigenvalue weighted by Gasteiger charge is -2.42. The first-order valence-corrected chi connectivity index (χ1v) is 6.56. The minimum atomic E-state index is -1.58. The second-order valence-electron chi connectivity index (χ2n) is 4.97. The summed E-state index contributed by atoms with van der Waals surface area (Å²) in [7, 11) is 0. The molecule has 2 heterocycles. The maximum absolute atomic E-state index is 9.85. The summed E-state index contributed by atoms with van der Waals surface area (Å²) in [5.41, 5.74) is 0. The Bertz CT molecular complexity index is 361. The van der Waals surface area contributed by atoms with Crippen LogP contribution in [0.3, 0.4) is 0 Å². The topological polar surface area (TPSA) is 149 Å². The third-order valence-corrected chi connectivity index (χ3v) is 3.55. The molecule has 0 aromatic carbocycles. The van der Waals surface area contributed by atoms with Crippen LogP contribution in [0.15, 0.2) is 12.3 Å². The number of aliphatic hydroxyl groups excluding tert-OH is 6. The van der Waals surface area contributed by atoms with Crippen molar-refractivity contribution in [2.45, 2.75) is 49.0 Å². The predicted octanol–water partition coefficient (Wildman–Crippen LogP) is -3.56. The fraction of sp³-hybridized carbons (Fsp3) is 0.833. The van der Waals surface area contributed by atoms with E-state index in [9.17, 15) is 25.5 Å². The van der Waals surface area contributed by atoms with Gasteiger partial charge >= 0.3 is 0 Å². The Labute approximate surface area is 120 Å². The van der Waals surface area contributed by atoms with Crippen LogP contribution in [0.4, 0.5) is 0 Å². The number of hydrogen-bond donors (Lipinski definition) is 6. The van der Waals surface area contributed by atoms with Gasteiger partial charge in [-0.05, 0) is 6.08 Å². The lowest BCUT2D eigenvalue weighted by Crippen LogP contribution is -2.61. The fourth-order valence-electron chi connectivity index (χ4n) is 2.28. The summed E-state index contributed by atoms with van der Waals surface area (Å²) in [6.45, 7) is -1.03. The normalized spacial score (nSPS) is 47.1. The maximum atomic E-state index is 9.85. The highest BCUT2D eigenvalue weighted by Gasteiger charge is 2.46. The molecule has 1 saturated heterocycles. The molecule has 0 radical (unpaired) electrons. The third-order valence-electron chi connectivity index (χ3n) is 3.55. The molecule has 8 atom stereocenters. The summed E-state index contributed by atoms with van der Waals surface area (Å²) in [4.78, 5) is 0. The zero-order chi connectivity index (χ0) is 15.6. The SMILES string of the molecule is OC[C@@H]1O[C@@H](O[C@H]2[C@H](O)C=CO[C@H]2CO)[C@@H](O)[C@@H](O)[C@H]1O. The minimum absolute atomic E-state index is 0.441. The molecule has 0 aromatic heterocycles. The van der Waals surface area contributed by atoms with E-state index in [1.807, 2.05) is 0 Å². The Morgan fingerprint density at radius 3 is 2.19 bits per heavy atom. The second kappa shape index (κ2) is 6.99. The third kappa shape index (κ3) is 3.35. The molecule has 122 valence electrons. The molecule has 2 aliphatic heterocycles. The van der Waals surface area contributed by atoms with E-state index in [1.54, 1.807) is 0 Å². The molecule has 6 N–H and O–H groups in total. The van der Waals surface area contributed by atoms with Crippen molar-refractivity contribution in [3.8, 4) is 0 Å². The van der Waals surface area contributed by atoms with Gasteiger partial charge in [-0.2, -0.15) is 0 Å². The van der Waals surface area contributed by atoms with Gasteiger partial charge in [-0.25, -0.2) is 0 Å². The first-order valence-electron chi connectivity index (χ1n) is 6.56. The number of hydrogen-bond acceptors (Lipinski definition) is 9. The first kappa shape index (κ1) is 16.6. The van der Waals surface area contributed by atoms with E-state index in [1.165, 1.54) is 12.3 Å². The highest BCUT2D eigenvalue weighted by Crippen LogP contribution is 2.26. The largest absolute Gasteiger partial charge is 0.493 e. The Morgan fingerprint density at radius 2 is 1.57 bits per heavy atom. The van der Waals surface area contributed by atoms with E-state index in [0.29, 0.717) is 0 Å². The molecule has 1 fully saturated rings. The van der Waals surface area contributed by atoms with Crippen molar-refractivity contribution >= 4 is 0 Å². The van der Waals surface area contributed by atoms with Crippen molar-refractivity contribution < 1.29 is 44.8 Å². The van der Waals surface area contributed by atoms with E-state index in [2.05, 4.69) is 0 Å². The molecule has 0 amide bonds. The van der Waals surface area contributed by atoms with Crippen LogP contribution in [0.5, 0.6) is 0 Å². The van der Waals surface area contributed by atoms with Gasteiger partial charge in [-0.3, -0.25) is 0 Å². The van der Waals surface area contributed by atoms with Gasteiger partial charge in [-0.15, -0.1) is 0 Å². The molecule has 0 aliphatic carbocycles. The van der Waals surface area contributed by atoms with Crippen molar-refractivity contribution in [3.63, 3.8) is 0 Å². The average molecular weight is 308 g/mol. The van der Waals surface area contributed by atoms with Crippen LogP contribution in [0.2, 0.25) is 0 Å². The molecule has 0 unspecified atom stereocenters. The van der Waals surface area contributed by atoms with Gasteiger partial charge in [0, 0.05) is 0 Å². The lowest BCUT2D eigenvalue weighted by molar-refractivity contribution is -0.324. The van der Waals surface area contributed by atoms with Gasteiger partial charge in [0.05, 0.1) is 19.5 Å². The summed E-state index contributed by atoms with van der Waals surface area (Å²) in [5.74, 6) is 0. The van der Waals surface area contributed by atoms with Crippen molar-refractivity contribution in [3.05, 3.63) is 12.3 Å². The van der Waals surface area contributed by atoms with Crippen LogP contribution in [0.25, 0.3) is 0 Å². The summed E-state index contributed by atoms with van der Waals surface area (Å²) < 4.78 is 15.6. The Kier molecular flexibility index (Phi) is 5.52. The molecule has 9 heteroatoms. The van der Waals surface area contributed by atoms with E-state index < -0.39 is 62.2 Å². The van der Waals surface area contributed by atoms with Gasteiger partial charge in [0.2, 0.25) is 0 Å². The van der Waals surface area contributed by atoms with Crippen molar-refractivity contribution in [1.29, 1.82) is 0 Å². The molecule has 2 rings (SSSR count). The van der Waals surface area contributed by atoms with Crippen LogP contribution in [-0.4, -0.2) is 92.9 Å². The average Bonchev–Trinajstić information content (AvgIpc) is 2.49. The first-order chi connectivity index (χ1) is 9.99. The van der Waals surface area contributed by atoms with Crippen LogP contribution < -0.4 is 0 Å². The van der Waals surface area contributed by atoms with Gasteiger partial charge in [0.15, 0.2) is 6.29 Å². The predicted molar refractivity (Wildman–Crippen MR) is 65.7 cm³/mol. The van der Waals surface area contributed by atoms with Crippen LogP contribution in [0.1, 0.15) is 0 Å². The lowest BCUT2D eigenvalue weighted by atomic mass is 9.99. The quantitative estimate of drug-likeness (QED) is 0.310. The van der Waals surface area contributed by atoms with Crippen LogP contribution >= 0.6 is 0 Å². The Hall–Kier alpha value is -0.780. The van der Waals surface area contributed by atoms with E-state index in [0.717, 1.165) is 0 Å². The fourth-order valence-corrected chi connectivity index (χ4v) is 2.28. The Morgan fingerprint density at radius 1 is 0.905 bits per heavy atom. The number of aliphatic hydroxyl groups is 6. The molecular formula is C12H20O9. The smallest absolute Gasteiger partial charge is 0.187 e. The highest BCUT2D eigenvalue weighted by molar-refractivity contribution is 4.99. The van der Waals surface area contributed by atoms with Gasteiger partial charge in [0.25, 0.3) is 0 Å². The summed E-state index contributed by atoms with van der Waals surface area (Å²) in [6, 6.07) is 0. The van der Waals surface area contributed by atoms with Crippen molar-refractivity contribution in [2.24, 2.45) is 0 Å². The van der Waals surface area contributed by atoms with Gasteiger partial charge in [-0.1, -0.05) is 0 Å². The molecular weight excluding hydrogens is 288 g/mol. The summed E-state index contributed by atoms with van der Waals surface area (Å²) in [6.07, 6.45) is -7.68. The van der Waals surface area contributed by atoms with E-state index in [4.69, 9.17) is 19.3 Å². The molecule has 0 aromatic rings. The number of rotatable bonds is 4. The highest BCUT2D eigenvalue weighted by atomic mass is 16.7. The van der Waals surface area contributed by atoms with Crippen molar-refractivity contribution in [2.75, 3.05) is 13.2 Å². The van der Waals surface area contributed by atoms with E-state index >= 15 is 0 Å². The molecule has 2 aliphatic rings. The van der Waals surface area contributed by atoms with Crippen molar-refractivity contribution in [1.82, 2.24) is 0 Å². The van der Waals surface area contributed by atoms with E-state index in [-0.39, 0.29) is 0 Å². The molecule has 9 nitrogen and oxygen atoms in total. The molecule has 21 heavy (non-hydrogen) atoms. The minimum Gasteiger partial charge on any atom is -0.493 e. The molecule has 0 spiro atoms. The van der Waals surface area contributed by atoms with Gasteiger partial charge < -0.3 is 44.8 Å². The summed E-state index contributed by atoms with van der Waals surface area (Å²) in [5, 5.41) is 57.3. The standard InChI is InChI=1S/C12H20O9/c13-3-6-8(16)9(17)10(18)12(20-6)21-11-5(15)1-2-19-7(11)4-14/h1-2,5-18H,3-4H2/t5-,6+,7+,8+,9+,10+,11+,12+/m1/s1. The number of ether oxygens (including phenoxy) is 3. The van der Waals surface area contributed by atoms with Crippen LogP contribution in [0, 0.1) is 0 Å².